The van der Waals surface area contributed by atoms with E-state index in [1.165, 1.54) is 26.0 Å². The minimum absolute atomic E-state index is 0. The van der Waals surface area contributed by atoms with Crippen LogP contribution in [-0.2, 0) is 20.2 Å². The van der Waals surface area contributed by atoms with Crippen molar-refractivity contribution in [3.8, 4) is 0 Å². The second-order valence-electron chi connectivity index (χ2n) is 6.63. The van der Waals surface area contributed by atoms with Gasteiger partial charge in [0.25, 0.3) is 0 Å². The van der Waals surface area contributed by atoms with Crippen molar-refractivity contribution in [1.82, 2.24) is 0 Å². The molecule has 0 spiro atoms. The fourth-order valence-electron chi connectivity index (χ4n) is 2.52. The van der Waals surface area contributed by atoms with Crippen molar-refractivity contribution in [1.29, 1.82) is 0 Å². The summed E-state index contributed by atoms with van der Waals surface area (Å²) >= 11 is 0. The van der Waals surface area contributed by atoms with Crippen LogP contribution >= 0.6 is 0 Å². The van der Waals surface area contributed by atoms with Crippen molar-refractivity contribution >= 4 is 58.0 Å². The number of hydrogen-bond donors (Lipinski definition) is 0. The van der Waals surface area contributed by atoms with Crippen LogP contribution in [0.4, 0.5) is 0 Å². The first-order valence-electron chi connectivity index (χ1n) is 7.31. The first-order chi connectivity index (χ1) is 10.7. The van der Waals surface area contributed by atoms with Crippen LogP contribution in [0.25, 0.3) is 0 Å². The zero-order valence-corrected chi connectivity index (χ0v) is 19.2. The SMILES string of the molecule is CC1=CC=CC(C)(S(=O)(=O)[O-])C1.CC1=CC=CC(C)(S(=O)(=O)[O-])C1.O.[Ca+2]. The van der Waals surface area contributed by atoms with Crippen molar-refractivity contribution in [2.45, 2.75) is 50.0 Å². The third-order valence-corrected chi connectivity index (χ3v) is 6.91. The molecule has 0 aromatic heterocycles. The average molecular weight is 433 g/mol. The van der Waals surface area contributed by atoms with Gasteiger partial charge in [0.15, 0.2) is 0 Å². The van der Waals surface area contributed by atoms with Crippen molar-refractivity contribution in [3.05, 3.63) is 47.6 Å². The molecule has 0 radical (unpaired) electrons. The van der Waals surface area contributed by atoms with Gasteiger partial charge in [0.1, 0.15) is 20.2 Å². The van der Waals surface area contributed by atoms with Crippen LogP contribution < -0.4 is 0 Å². The largest absolute Gasteiger partial charge is 2.00 e. The molecule has 0 aromatic rings. The predicted molar refractivity (Wildman–Crippen MR) is 101 cm³/mol. The molecule has 0 amide bonds. The van der Waals surface area contributed by atoms with Crippen LogP contribution in [0.15, 0.2) is 47.6 Å². The fourth-order valence-corrected chi connectivity index (χ4v) is 3.82. The van der Waals surface area contributed by atoms with Gasteiger partial charge in [-0.15, -0.1) is 0 Å². The molecule has 0 aliphatic heterocycles. The van der Waals surface area contributed by atoms with Gasteiger partial charge in [0.2, 0.25) is 0 Å². The normalized spacial score (nSPS) is 27.8. The molecule has 0 bridgehead atoms. The number of rotatable bonds is 2. The van der Waals surface area contributed by atoms with Crippen LogP contribution in [0.5, 0.6) is 0 Å². The molecule has 2 unspecified atom stereocenters. The summed E-state index contributed by atoms with van der Waals surface area (Å²) < 4.78 is 62.4. The van der Waals surface area contributed by atoms with Gasteiger partial charge >= 0.3 is 37.7 Å². The van der Waals surface area contributed by atoms with Crippen molar-refractivity contribution in [2.24, 2.45) is 0 Å². The predicted octanol–water partition coefficient (Wildman–Crippen LogP) is 1.19. The minimum Gasteiger partial charge on any atom is -0.747 e. The average Bonchev–Trinajstić information content (AvgIpc) is 2.36. The van der Waals surface area contributed by atoms with Gasteiger partial charge in [-0.05, 0) is 40.5 Å². The molecule has 26 heavy (non-hydrogen) atoms. The van der Waals surface area contributed by atoms with Crippen LogP contribution in [0, 0.1) is 0 Å². The van der Waals surface area contributed by atoms with E-state index in [4.69, 9.17) is 0 Å². The van der Waals surface area contributed by atoms with Gasteiger partial charge in [0.05, 0.1) is 9.49 Å². The van der Waals surface area contributed by atoms with Gasteiger partial charge in [0, 0.05) is 0 Å². The molecule has 0 saturated carbocycles. The van der Waals surface area contributed by atoms with Crippen LogP contribution in [-0.4, -0.2) is 78.6 Å². The molecular formula is C16H24CaO7S2. The maximum Gasteiger partial charge on any atom is 2.00 e. The summed E-state index contributed by atoms with van der Waals surface area (Å²) in [5.41, 5.74) is 1.83. The van der Waals surface area contributed by atoms with E-state index in [1.807, 2.05) is 26.0 Å². The van der Waals surface area contributed by atoms with Crippen molar-refractivity contribution in [3.63, 3.8) is 0 Å². The first-order valence-corrected chi connectivity index (χ1v) is 10.1. The zero-order valence-electron chi connectivity index (χ0n) is 15.4. The second kappa shape index (κ2) is 9.97. The van der Waals surface area contributed by atoms with E-state index in [2.05, 4.69) is 0 Å². The Hall–Kier alpha value is -0.000260. The molecule has 0 aromatic carbocycles. The Morgan fingerprint density at radius 3 is 1.23 bits per heavy atom. The Morgan fingerprint density at radius 2 is 1.08 bits per heavy atom. The summed E-state index contributed by atoms with van der Waals surface area (Å²) in [5.74, 6) is 0. The minimum atomic E-state index is -4.24. The fraction of sp³-hybridized carbons (Fsp3) is 0.500. The van der Waals surface area contributed by atoms with Gasteiger partial charge in [-0.25, -0.2) is 16.8 Å². The molecular weight excluding hydrogens is 408 g/mol. The van der Waals surface area contributed by atoms with E-state index in [0.29, 0.717) is 12.8 Å². The van der Waals surface area contributed by atoms with Crippen LogP contribution in [0.1, 0.15) is 40.5 Å². The first kappa shape index (κ1) is 28.2. The Kier molecular flexibility index (Phi) is 10.8. The molecule has 2 atom stereocenters. The summed E-state index contributed by atoms with van der Waals surface area (Å²) in [6, 6.07) is 0. The third kappa shape index (κ3) is 7.20. The summed E-state index contributed by atoms with van der Waals surface area (Å²) in [7, 11) is -8.47. The summed E-state index contributed by atoms with van der Waals surface area (Å²) in [4.78, 5) is 0. The molecule has 7 nitrogen and oxygen atoms in total. The molecule has 2 aliphatic carbocycles. The zero-order chi connectivity index (χ0) is 18.8. The van der Waals surface area contributed by atoms with Crippen LogP contribution in [0.2, 0.25) is 0 Å². The van der Waals surface area contributed by atoms with Crippen molar-refractivity contribution < 1.29 is 31.4 Å². The molecule has 144 valence electrons. The van der Waals surface area contributed by atoms with E-state index in [1.54, 1.807) is 12.2 Å². The summed E-state index contributed by atoms with van der Waals surface area (Å²) in [6.07, 6.45) is 10.4. The van der Waals surface area contributed by atoms with Crippen molar-refractivity contribution in [2.75, 3.05) is 0 Å². The van der Waals surface area contributed by atoms with E-state index >= 15 is 0 Å². The quantitative estimate of drug-likeness (QED) is 0.473. The molecule has 2 N–H and O–H groups in total. The Morgan fingerprint density at radius 1 is 0.808 bits per heavy atom. The smallest absolute Gasteiger partial charge is 0.747 e. The molecule has 0 saturated heterocycles. The molecule has 10 heteroatoms. The molecule has 0 heterocycles. The monoisotopic (exact) mass is 432 g/mol. The standard InChI is InChI=1S/2C8H12O3S.Ca.H2O/c2*1-7-4-3-5-8(2,6-7)12(9,10)11;;/h2*3-5H,6H2,1-2H3,(H,9,10,11);;1H2/q;;+2;/p-2. The topological polar surface area (TPSA) is 146 Å². The number of allylic oxidation sites excluding steroid dienone is 6. The molecule has 2 aliphatic rings. The Balaban J connectivity index is 0. The maximum absolute atomic E-state index is 10.8. The van der Waals surface area contributed by atoms with E-state index < -0.39 is 29.7 Å². The Bertz CT molecular complexity index is 753. The Labute approximate surface area is 185 Å². The van der Waals surface area contributed by atoms with Gasteiger partial charge in [-0.3, -0.25) is 0 Å². The van der Waals surface area contributed by atoms with E-state index in [0.717, 1.165) is 11.1 Å². The van der Waals surface area contributed by atoms with Crippen LogP contribution in [0.3, 0.4) is 0 Å². The molecule has 2 rings (SSSR count). The summed E-state index contributed by atoms with van der Waals surface area (Å²) in [6.45, 7) is 6.52. The second-order valence-corrected chi connectivity index (χ2v) is 10.3. The van der Waals surface area contributed by atoms with E-state index in [9.17, 15) is 25.9 Å². The third-order valence-electron chi connectivity index (χ3n) is 4.06. The summed E-state index contributed by atoms with van der Waals surface area (Å²) in [5, 5.41) is 0. The van der Waals surface area contributed by atoms with Gasteiger partial charge in [-0.1, -0.05) is 47.6 Å². The van der Waals surface area contributed by atoms with Gasteiger partial charge in [-0.2, -0.15) is 0 Å². The number of hydrogen-bond acceptors (Lipinski definition) is 6. The van der Waals surface area contributed by atoms with Gasteiger partial charge < -0.3 is 14.6 Å². The maximum atomic E-state index is 10.8. The molecule has 0 fully saturated rings. The van der Waals surface area contributed by atoms with E-state index in [-0.39, 0.29) is 43.2 Å².